The molecular formula is C18H19N3O. The van der Waals surface area contributed by atoms with Gasteiger partial charge in [0, 0.05) is 35.8 Å². The lowest BCUT2D eigenvalue weighted by Gasteiger charge is -2.38. The fourth-order valence-corrected chi connectivity index (χ4v) is 3.46. The maximum absolute atomic E-state index is 12.7. The van der Waals surface area contributed by atoms with Crippen LogP contribution in [0.5, 0.6) is 0 Å². The summed E-state index contributed by atoms with van der Waals surface area (Å²) < 4.78 is 0. The minimum Gasteiger partial charge on any atom is -0.361 e. The molecule has 112 valence electrons. The molecule has 3 rings (SSSR count). The minimum absolute atomic E-state index is 0.0488. The summed E-state index contributed by atoms with van der Waals surface area (Å²) in [5.74, 6) is -0.161. The quantitative estimate of drug-likeness (QED) is 0.863. The van der Waals surface area contributed by atoms with Crippen molar-refractivity contribution in [2.75, 3.05) is 0 Å². The topological polar surface area (TPSA) is 65.8 Å². The van der Waals surface area contributed by atoms with Crippen LogP contribution in [-0.2, 0) is 4.79 Å². The van der Waals surface area contributed by atoms with E-state index in [9.17, 15) is 10.1 Å². The van der Waals surface area contributed by atoms with Crippen LogP contribution in [0.2, 0.25) is 0 Å². The lowest BCUT2D eigenvalue weighted by molar-refractivity contribution is -0.118. The molecule has 2 aliphatic rings. The number of allylic oxidation sites excluding steroid dienone is 4. The highest BCUT2D eigenvalue weighted by molar-refractivity contribution is 6.00. The Balaban J connectivity index is 2.18. The number of aromatic nitrogens is 1. The number of hydrogen-bond acceptors (Lipinski definition) is 4. The van der Waals surface area contributed by atoms with Crippen LogP contribution in [0.1, 0.15) is 45.1 Å². The second-order valence-electron chi connectivity index (χ2n) is 6.83. The zero-order valence-electron chi connectivity index (χ0n) is 13.1. The second kappa shape index (κ2) is 5.10. The molecule has 0 saturated carbocycles. The number of dihydropyridines is 1. The summed E-state index contributed by atoms with van der Waals surface area (Å²) in [4.78, 5) is 16.9. The first kappa shape index (κ1) is 14.5. The molecule has 0 amide bonds. The number of nitrogens with one attached hydrogen (secondary N) is 1. The lowest BCUT2D eigenvalue weighted by atomic mass is 9.69. The highest BCUT2D eigenvalue weighted by Gasteiger charge is 2.41. The number of pyridine rings is 1. The Morgan fingerprint density at radius 2 is 2.18 bits per heavy atom. The number of rotatable bonds is 1. The average molecular weight is 293 g/mol. The average Bonchev–Trinajstić information content (AvgIpc) is 2.45. The predicted molar refractivity (Wildman–Crippen MR) is 83.5 cm³/mol. The number of carbonyl (C=O) groups is 1. The standard InChI is InChI=1S/C18H19N3O/c1-11-13(9-19)16(12-5-4-6-20-10-12)17-14(21-11)7-18(2,3)8-15(17)22/h4-6,10,16,21H,7-8H2,1-3H3/t16-/m1/s1. The molecule has 1 N–H and O–H groups in total. The molecule has 1 aliphatic carbocycles. The van der Waals surface area contributed by atoms with E-state index in [0.717, 1.165) is 29.0 Å². The Hall–Kier alpha value is -2.41. The third kappa shape index (κ3) is 2.33. The first-order valence-corrected chi connectivity index (χ1v) is 7.47. The minimum atomic E-state index is -0.293. The Labute approximate surface area is 130 Å². The smallest absolute Gasteiger partial charge is 0.162 e. The van der Waals surface area contributed by atoms with Gasteiger partial charge in [0.15, 0.2) is 5.78 Å². The largest absolute Gasteiger partial charge is 0.361 e. The van der Waals surface area contributed by atoms with Crippen LogP contribution in [0.3, 0.4) is 0 Å². The summed E-state index contributed by atoms with van der Waals surface area (Å²) in [6.45, 7) is 6.11. The van der Waals surface area contributed by atoms with E-state index in [4.69, 9.17) is 0 Å². The predicted octanol–water partition coefficient (Wildman–Crippen LogP) is 3.21. The van der Waals surface area contributed by atoms with Crippen LogP contribution in [-0.4, -0.2) is 10.8 Å². The van der Waals surface area contributed by atoms with Gasteiger partial charge >= 0.3 is 0 Å². The van der Waals surface area contributed by atoms with E-state index < -0.39 is 0 Å². The van der Waals surface area contributed by atoms with Gasteiger partial charge in [0.05, 0.1) is 17.6 Å². The molecule has 1 aromatic heterocycles. The molecule has 0 spiro atoms. The van der Waals surface area contributed by atoms with E-state index in [2.05, 4.69) is 30.2 Å². The molecule has 0 saturated heterocycles. The van der Waals surface area contributed by atoms with E-state index in [1.807, 2.05) is 19.1 Å². The maximum atomic E-state index is 12.7. The van der Waals surface area contributed by atoms with Crippen molar-refractivity contribution in [3.05, 3.63) is 52.6 Å². The van der Waals surface area contributed by atoms with Crippen molar-refractivity contribution in [1.82, 2.24) is 10.3 Å². The van der Waals surface area contributed by atoms with Crippen molar-refractivity contribution in [3.63, 3.8) is 0 Å². The van der Waals surface area contributed by atoms with Crippen LogP contribution in [0.25, 0.3) is 0 Å². The first-order chi connectivity index (χ1) is 10.4. The van der Waals surface area contributed by atoms with Crippen LogP contribution >= 0.6 is 0 Å². The summed E-state index contributed by atoms with van der Waals surface area (Å²) >= 11 is 0. The Morgan fingerprint density at radius 1 is 1.41 bits per heavy atom. The van der Waals surface area contributed by atoms with Crippen molar-refractivity contribution in [2.45, 2.75) is 39.5 Å². The van der Waals surface area contributed by atoms with E-state index in [-0.39, 0.29) is 17.1 Å². The normalized spacial score (nSPS) is 23.7. The maximum Gasteiger partial charge on any atom is 0.162 e. The van der Waals surface area contributed by atoms with Crippen molar-refractivity contribution in [2.24, 2.45) is 5.41 Å². The number of Topliss-reactive ketones (excluding diaryl/α,β-unsaturated/α-hetero) is 1. The first-order valence-electron chi connectivity index (χ1n) is 7.47. The van der Waals surface area contributed by atoms with Gasteiger partial charge in [0.2, 0.25) is 0 Å². The van der Waals surface area contributed by atoms with Gasteiger partial charge in [-0.25, -0.2) is 0 Å². The second-order valence-corrected chi connectivity index (χ2v) is 6.83. The summed E-state index contributed by atoms with van der Waals surface area (Å²) in [5.41, 5.74) is 4.01. The zero-order valence-corrected chi connectivity index (χ0v) is 13.1. The monoisotopic (exact) mass is 293 g/mol. The van der Waals surface area contributed by atoms with Gasteiger partial charge in [0.1, 0.15) is 0 Å². The molecule has 1 aliphatic heterocycles. The fraction of sp³-hybridized carbons (Fsp3) is 0.389. The van der Waals surface area contributed by atoms with Gasteiger partial charge in [-0.05, 0) is 30.4 Å². The summed E-state index contributed by atoms with van der Waals surface area (Å²) in [7, 11) is 0. The van der Waals surface area contributed by atoms with Gasteiger partial charge < -0.3 is 5.32 Å². The van der Waals surface area contributed by atoms with Crippen LogP contribution < -0.4 is 5.32 Å². The SMILES string of the molecule is CC1=C(C#N)[C@@H](c2cccnc2)C2=C(CC(C)(C)CC2=O)N1. The highest BCUT2D eigenvalue weighted by atomic mass is 16.1. The van der Waals surface area contributed by atoms with Crippen molar-refractivity contribution in [3.8, 4) is 6.07 Å². The van der Waals surface area contributed by atoms with Gasteiger partial charge in [-0.2, -0.15) is 5.26 Å². The van der Waals surface area contributed by atoms with Crippen LogP contribution in [0.4, 0.5) is 0 Å². The number of hydrogen-bond donors (Lipinski definition) is 1. The number of carbonyl (C=O) groups excluding carboxylic acids is 1. The van der Waals surface area contributed by atoms with Crippen LogP contribution in [0, 0.1) is 16.7 Å². The van der Waals surface area contributed by atoms with E-state index in [1.165, 1.54) is 0 Å². The van der Waals surface area contributed by atoms with Gasteiger partial charge in [0.25, 0.3) is 0 Å². The molecule has 0 fully saturated rings. The summed E-state index contributed by atoms with van der Waals surface area (Å²) in [6.07, 6.45) is 4.79. The fourth-order valence-electron chi connectivity index (χ4n) is 3.46. The molecule has 4 heteroatoms. The molecule has 2 heterocycles. The molecule has 1 aromatic rings. The van der Waals surface area contributed by atoms with Gasteiger partial charge in [-0.15, -0.1) is 0 Å². The number of nitriles is 1. The lowest BCUT2D eigenvalue weighted by Crippen LogP contribution is -2.36. The van der Waals surface area contributed by atoms with E-state index in [1.54, 1.807) is 12.4 Å². The zero-order chi connectivity index (χ0) is 15.9. The van der Waals surface area contributed by atoms with Crippen molar-refractivity contribution in [1.29, 1.82) is 5.26 Å². The van der Waals surface area contributed by atoms with E-state index >= 15 is 0 Å². The van der Waals surface area contributed by atoms with Gasteiger partial charge in [-0.3, -0.25) is 9.78 Å². The molecule has 4 nitrogen and oxygen atoms in total. The van der Waals surface area contributed by atoms with E-state index in [0.29, 0.717) is 12.0 Å². The van der Waals surface area contributed by atoms with Crippen LogP contribution in [0.15, 0.2) is 47.1 Å². The molecule has 0 unspecified atom stereocenters. The summed E-state index contributed by atoms with van der Waals surface area (Å²) in [5, 5.41) is 12.9. The Kier molecular flexibility index (Phi) is 3.37. The number of ketones is 1. The molecule has 0 aromatic carbocycles. The number of nitrogens with zero attached hydrogens (tertiary/aromatic N) is 2. The molecule has 0 bridgehead atoms. The highest BCUT2D eigenvalue weighted by Crippen LogP contribution is 2.45. The Morgan fingerprint density at radius 3 is 2.82 bits per heavy atom. The molecular weight excluding hydrogens is 274 g/mol. The third-order valence-electron chi connectivity index (χ3n) is 4.38. The third-order valence-corrected chi connectivity index (χ3v) is 4.38. The summed E-state index contributed by atoms with van der Waals surface area (Å²) in [6, 6.07) is 6.06. The van der Waals surface area contributed by atoms with Gasteiger partial charge in [-0.1, -0.05) is 19.9 Å². The molecule has 1 atom stereocenters. The Bertz CT molecular complexity index is 735. The molecule has 0 radical (unpaired) electrons. The van der Waals surface area contributed by atoms with Crippen molar-refractivity contribution >= 4 is 5.78 Å². The van der Waals surface area contributed by atoms with Crippen molar-refractivity contribution < 1.29 is 4.79 Å². The molecule has 22 heavy (non-hydrogen) atoms.